The van der Waals surface area contributed by atoms with E-state index in [1.165, 1.54) is 24.3 Å². The van der Waals surface area contributed by atoms with Gasteiger partial charge in [-0.15, -0.1) is 0 Å². The fourth-order valence-corrected chi connectivity index (χ4v) is 2.13. The van der Waals surface area contributed by atoms with Crippen LogP contribution in [0.1, 0.15) is 19.4 Å². The molecule has 0 bridgehead atoms. The maximum atomic E-state index is 11.7. The summed E-state index contributed by atoms with van der Waals surface area (Å²) in [7, 11) is -3.29. The summed E-state index contributed by atoms with van der Waals surface area (Å²) < 4.78 is 23.4. The maximum Gasteiger partial charge on any atom is 0.180 e. The minimum atomic E-state index is -3.29. The lowest BCUT2D eigenvalue weighted by atomic mass is 10.2. The van der Waals surface area contributed by atoms with Crippen LogP contribution >= 0.6 is 0 Å². The van der Waals surface area contributed by atoms with Crippen molar-refractivity contribution < 1.29 is 13.5 Å². The minimum Gasteiger partial charge on any atom is -0.859 e. The first kappa shape index (κ1) is 11.7. The number of hydrogen-bond donors (Lipinski definition) is 1. The van der Waals surface area contributed by atoms with E-state index >= 15 is 0 Å². The van der Waals surface area contributed by atoms with Crippen molar-refractivity contribution in [1.29, 1.82) is 5.41 Å². The molecule has 0 radical (unpaired) electrons. The normalized spacial score (nSPS) is 11.7. The lowest BCUT2D eigenvalue weighted by Crippen LogP contribution is -2.17. The lowest BCUT2D eigenvalue weighted by Gasteiger charge is -2.10. The van der Waals surface area contributed by atoms with Gasteiger partial charge in [0.05, 0.1) is 10.1 Å². The van der Waals surface area contributed by atoms with Gasteiger partial charge in [0.2, 0.25) is 0 Å². The monoisotopic (exact) mass is 226 g/mol. The Kier molecular flexibility index (Phi) is 3.14. The Morgan fingerprint density at radius 3 is 2.07 bits per heavy atom. The van der Waals surface area contributed by atoms with E-state index in [0.29, 0.717) is 0 Å². The molecule has 82 valence electrons. The zero-order valence-electron chi connectivity index (χ0n) is 8.52. The molecule has 0 aliphatic carbocycles. The third-order valence-electron chi connectivity index (χ3n) is 2.07. The molecule has 4 nitrogen and oxygen atoms in total. The predicted molar refractivity (Wildman–Crippen MR) is 55.6 cm³/mol. The highest BCUT2D eigenvalue weighted by molar-refractivity contribution is 7.92. The zero-order chi connectivity index (χ0) is 11.6. The third kappa shape index (κ3) is 2.36. The summed E-state index contributed by atoms with van der Waals surface area (Å²) in [5, 5.41) is 17.0. The molecule has 5 heteroatoms. The molecule has 0 saturated carbocycles. The van der Waals surface area contributed by atoms with E-state index in [4.69, 9.17) is 5.41 Å². The van der Waals surface area contributed by atoms with Gasteiger partial charge in [-0.1, -0.05) is 12.1 Å². The molecule has 0 aromatic heterocycles. The minimum absolute atomic E-state index is 0.183. The lowest BCUT2D eigenvalue weighted by molar-refractivity contribution is -0.214. The first-order valence-electron chi connectivity index (χ1n) is 4.45. The van der Waals surface area contributed by atoms with Crippen molar-refractivity contribution in [2.24, 2.45) is 0 Å². The molecule has 0 unspecified atom stereocenters. The Labute approximate surface area is 89.0 Å². The van der Waals surface area contributed by atoms with Crippen LogP contribution in [0.15, 0.2) is 29.2 Å². The number of nitrogens with one attached hydrogen (secondary N) is 1. The average Bonchev–Trinajstić information content (AvgIpc) is 2.17. The van der Waals surface area contributed by atoms with Gasteiger partial charge < -0.3 is 10.5 Å². The number of sulfone groups is 1. The van der Waals surface area contributed by atoms with E-state index in [-0.39, 0.29) is 10.5 Å². The standard InChI is InChI=1S/C10H13NO3S/c1-7(2)15(13,14)9-5-3-8(4-6-9)10(11)12/h3-7H,1-2H3,(H2,11,12)/p-1. The second kappa shape index (κ2) is 4.02. The summed E-state index contributed by atoms with van der Waals surface area (Å²) in [5.41, 5.74) is 0.192. The molecule has 0 aliphatic heterocycles. The molecule has 0 aliphatic rings. The molecule has 1 rings (SSSR count). The molecule has 0 heterocycles. The van der Waals surface area contributed by atoms with Crippen LogP contribution in [0, 0.1) is 5.41 Å². The summed E-state index contributed by atoms with van der Waals surface area (Å²) in [5.74, 6) is -0.816. The molecule has 0 fully saturated rings. The predicted octanol–water partition coefficient (Wildman–Crippen LogP) is 0.554. The van der Waals surface area contributed by atoms with Gasteiger partial charge in [-0.2, -0.15) is 0 Å². The van der Waals surface area contributed by atoms with Crippen molar-refractivity contribution in [1.82, 2.24) is 0 Å². The summed E-state index contributed by atoms with van der Waals surface area (Å²) in [6.07, 6.45) is 0. The molecule has 0 saturated heterocycles. The second-order valence-electron chi connectivity index (χ2n) is 3.45. The van der Waals surface area contributed by atoms with Crippen molar-refractivity contribution in [3.63, 3.8) is 0 Å². The van der Waals surface area contributed by atoms with E-state index in [2.05, 4.69) is 0 Å². The quantitative estimate of drug-likeness (QED) is 0.603. The number of benzene rings is 1. The molecule has 0 amide bonds. The Balaban J connectivity index is 3.15. The molecule has 0 atom stereocenters. The molecular weight excluding hydrogens is 214 g/mol. The first-order chi connectivity index (χ1) is 6.85. The van der Waals surface area contributed by atoms with Gasteiger partial charge in [0.1, 0.15) is 0 Å². The van der Waals surface area contributed by atoms with Crippen molar-refractivity contribution in [3.05, 3.63) is 29.8 Å². The number of rotatable bonds is 3. The zero-order valence-corrected chi connectivity index (χ0v) is 9.34. The van der Waals surface area contributed by atoms with Crippen molar-refractivity contribution >= 4 is 15.7 Å². The third-order valence-corrected chi connectivity index (χ3v) is 4.24. The van der Waals surface area contributed by atoms with Gasteiger partial charge in [-0.3, -0.25) is 0 Å². The van der Waals surface area contributed by atoms with Gasteiger partial charge in [-0.25, -0.2) is 8.42 Å². The van der Waals surface area contributed by atoms with Crippen LogP contribution in [-0.4, -0.2) is 19.6 Å². The van der Waals surface area contributed by atoms with Gasteiger partial charge in [0, 0.05) is 0 Å². The van der Waals surface area contributed by atoms with E-state index in [9.17, 15) is 13.5 Å². The summed E-state index contributed by atoms with van der Waals surface area (Å²) in [6, 6.07) is 5.42. The van der Waals surface area contributed by atoms with Crippen molar-refractivity contribution in [2.45, 2.75) is 24.0 Å². The van der Waals surface area contributed by atoms with E-state index in [1.54, 1.807) is 13.8 Å². The molecular formula is C10H12NO3S-. The highest BCUT2D eigenvalue weighted by atomic mass is 32.2. The van der Waals surface area contributed by atoms with Gasteiger partial charge in [0.15, 0.2) is 9.84 Å². The second-order valence-corrected chi connectivity index (χ2v) is 5.95. The Morgan fingerprint density at radius 2 is 1.73 bits per heavy atom. The Bertz CT molecular complexity index is 460. The smallest absolute Gasteiger partial charge is 0.180 e. The Morgan fingerprint density at radius 1 is 1.27 bits per heavy atom. The highest BCUT2D eigenvalue weighted by Crippen LogP contribution is 2.16. The van der Waals surface area contributed by atoms with Crippen LogP contribution in [0.2, 0.25) is 0 Å². The molecule has 1 N–H and O–H groups in total. The van der Waals surface area contributed by atoms with Gasteiger partial charge >= 0.3 is 0 Å². The topological polar surface area (TPSA) is 81.0 Å². The molecule has 0 spiro atoms. The van der Waals surface area contributed by atoms with Crippen LogP contribution < -0.4 is 5.11 Å². The van der Waals surface area contributed by atoms with Crippen molar-refractivity contribution in [3.8, 4) is 0 Å². The highest BCUT2D eigenvalue weighted by Gasteiger charge is 2.18. The Hall–Kier alpha value is -1.36. The number of hydrogen-bond acceptors (Lipinski definition) is 4. The first-order valence-corrected chi connectivity index (χ1v) is 6.00. The van der Waals surface area contributed by atoms with E-state index in [1.807, 2.05) is 0 Å². The SMILES string of the molecule is CC(C)S(=O)(=O)c1ccc(C(=N)[O-])cc1. The summed E-state index contributed by atoms with van der Waals surface area (Å²) in [4.78, 5) is 0.183. The summed E-state index contributed by atoms with van der Waals surface area (Å²) >= 11 is 0. The summed E-state index contributed by atoms with van der Waals surface area (Å²) in [6.45, 7) is 3.19. The maximum absolute atomic E-state index is 11.7. The van der Waals surface area contributed by atoms with E-state index < -0.39 is 21.0 Å². The molecule has 15 heavy (non-hydrogen) atoms. The largest absolute Gasteiger partial charge is 0.859 e. The fourth-order valence-electron chi connectivity index (χ4n) is 1.07. The molecule has 1 aromatic rings. The van der Waals surface area contributed by atoms with Gasteiger partial charge in [0.25, 0.3) is 0 Å². The van der Waals surface area contributed by atoms with Crippen molar-refractivity contribution in [2.75, 3.05) is 0 Å². The molecule has 1 aromatic carbocycles. The van der Waals surface area contributed by atoms with Crippen LogP contribution in [0.3, 0.4) is 0 Å². The van der Waals surface area contributed by atoms with Crippen LogP contribution in [0.25, 0.3) is 0 Å². The van der Waals surface area contributed by atoms with E-state index in [0.717, 1.165) is 0 Å². The van der Waals surface area contributed by atoms with Crippen LogP contribution in [0.4, 0.5) is 0 Å². The van der Waals surface area contributed by atoms with Crippen LogP contribution in [-0.2, 0) is 9.84 Å². The van der Waals surface area contributed by atoms with Crippen LogP contribution in [0.5, 0.6) is 0 Å². The average molecular weight is 226 g/mol. The fraction of sp³-hybridized carbons (Fsp3) is 0.300. The van der Waals surface area contributed by atoms with Gasteiger partial charge in [-0.05, 0) is 37.4 Å².